The van der Waals surface area contributed by atoms with Crippen LogP contribution in [0.2, 0.25) is 5.02 Å². The zero-order valence-electron chi connectivity index (χ0n) is 17.0. The van der Waals surface area contributed by atoms with E-state index in [0.717, 1.165) is 28.7 Å². The highest BCUT2D eigenvalue weighted by atomic mass is 35.5. The van der Waals surface area contributed by atoms with E-state index in [9.17, 15) is 4.39 Å². The minimum atomic E-state index is -0.310. The van der Waals surface area contributed by atoms with E-state index < -0.39 is 0 Å². The van der Waals surface area contributed by atoms with Crippen molar-refractivity contribution in [2.75, 3.05) is 11.9 Å². The van der Waals surface area contributed by atoms with E-state index in [1.54, 1.807) is 18.3 Å². The first kappa shape index (κ1) is 21.3. The lowest BCUT2D eigenvalue weighted by atomic mass is 10.1. The van der Waals surface area contributed by atoms with Gasteiger partial charge in [0.2, 0.25) is 0 Å². The smallest absolute Gasteiger partial charge is 0.173 e. The van der Waals surface area contributed by atoms with Gasteiger partial charge in [-0.25, -0.2) is 4.39 Å². The molecule has 2 N–H and O–H groups in total. The highest BCUT2D eigenvalue weighted by molar-refractivity contribution is 7.80. The molecule has 7 heteroatoms. The first-order valence-corrected chi connectivity index (χ1v) is 10.8. The Morgan fingerprint density at radius 1 is 1.16 bits per heavy atom. The van der Waals surface area contributed by atoms with Crippen molar-refractivity contribution in [3.05, 3.63) is 94.7 Å². The van der Waals surface area contributed by atoms with Crippen molar-refractivity contribution in [2.45, 2.75) is 19.9 Å². The van der Waals surface area contributed by atoms with Crippen molar-refractivity contribution in [3.8, 4) is 0 Å². The average Bonchev–Trinajstić information content (AvgIpc) is 3.06. The molecule has 4 nitrogen and oxygen atoms in total. The van der Waals surface area contributed by atoms with Crippen LogP contribution >= 0.6 is 23.8 Å². The number of rotatable bonds is 6. The van der Waals surface area contributed by atoms with Gasteiger partial charge in [0.25, 0.3) is 0 Å². The van der Waals surface area contributed by atoms with Gasteiger partial charge in [0, 0.05) is 40.0 Å². The van der Waals surface area contributed by atoms with Crippen LogP contribution in [-0.2, 0) is 13.0 Å². The van der Waals surface area contributed by atoms with E-state index in [-0.39, 0.29) is 5.82 Å². The molecule has 0 aliphatic carbocycles. The number of H-pyrrole nitrogens is 1. The third-order valence-corrected chi connectivity index (χ3v) is 5.75. The highest BCUT2D eigenvalue weighted by Crippen LogP contribution is 2.26. The summed E-state index contributed by atoms with van der Waals surface area (Å²) in [5.41, 5.74) is 4.90. The molecule has 0 aliphatic rings. The maximum atomic E-state index is 13.6. The standard InChI is InChI=1S/C24H22ClFN4S/c1-16-21(22-13-17(25)8-9-23(22)28-16)10-12-30(15-20-6-2-3-11-27-20)24(31)29-19-7-4-5-18(26)14-19/h2-9,11,13-14,28H,10,12,15H2,1H3,(H,29,31). The molecule has 0 spiro atoms. The van der Waals surface area contributed by atoms with Crippen LogP contribution in [0.15, 0.2) is 66.9 Å². The van der Waals surface area contributed by atoms with Crippen molar-refractivity contribution in [2.24, 2.45) is 0 Å². The summed E-state index contributed by atoms with van der Waals surface area (Å²) in [6.07, 6.45) is 2.53. The molecule has 0 aliphatic heterocycles. The largest absolute Gasteiger partial charge is 0.358 e. The number of aryl methyl sites for hydroxylation is 1. The van der Waals surface area contributed by atoms with E-state index in [1.807, 2.05) is 41.3 Å². The Morgan fingerprint density at radius 3 is 2.81 bits per heavy atom. The minimum Gasteiger partial charge on any atom is -0.358 e. The Morgan fingerprint density at radius 2 is 2.03 bits per heavy atom. The number of hydrogen-bond acceptors (Lipinski definition) is 2. The van der Waals surface area contributed by atoms with Crippen molar-refractivity contribution in [3.63, 3.8) is 0 Å². The molecule has 0 atom stereocenters. The summed E-state index contributed by atoms with van der Waals surface area (Å²) in [5, 5.41) is 5.50. The van der Waals surface area contributed by atoms with Gasteiger partial charge in [-0.05, 0) is 79.7 Å². The van der Waals surface area contributed by atoms with Gasteiger partial charge >= 0.3 is 0 Å². The molecule has 0 fully saturated rings. The van der Waals surface area contributed by atoms with Gasteiger partial charge in [-0.2, -0.15) is 0 Å². The van der Waals surface area contributed by atoms with Gasteiger partial charge in [0.15, 0.2) is 5.11 Å². The number of pyridine rings is 1. The molecule has 4 rings (SSSR count). The average molecular weight is 453 g/mol. The fraction of sp³-hybridized carbons (Fsp3) is 0.167. The summed E-state index contributed by atoms with van der Waals surface area (Å²) in [5.74, 6) is -0.310. The number of fused-ring (bicyclic) bond motifs is 1. The number of nitrogens with zero attached hydrogens (tertiary/aromatic N) is 2. The Bertz CT molecular complexity index is 1210. The van der Waals surface area contributed by atoms with Crippen LogP contribution in [-0.4, -0.2) is 26.5 Å². The van der Waals surface area contributed by atoms with E-state index in [0.29, 0.717) is 28.9 Å². The Balaban J connectivity index is 1.56. The normalized spacial score (nSPS) is 10.9. The molecule has 0 saturated carbocycles. The Hall–Kier alpha value is -2.96. The maximum absolute atomic E-state index is 13.6. The third kappa shape index (κ3) is 5.21. The summed E-state index contributed by atoms with van der Waals surface area (Å²) in [4.78, 5) is 9.90. The zero-order valence-corrected chi connectivity index (χ0v) is 18.6. The van der Waals surface area contributed by atoms with Crippen molar-refractivity contribution in [1.29, 1.82) is 0 Å². The highest BCUT2D eigenvalue weighted by Gasteiger charge is 2.15. The molecule has 0 radical (unpaired) electrons. The first-order valence-electron chi connectivity index (χ1n) is 9.98. The van der Waals surface area contributed by atoms with E-state index in [4.69, 9.17) is 23.8 Å². The monoisotopic (exact) mass is 452 g/mol. The van der Waals surface area contributed by atoms with Crippen LogP contribution < -0.4 is 5.32 Å². The first-order chi connectivity index (χ1) is 15.0. The molecule has 4 aromatic rings. The predicted octanol–water partition coefficient (Wildman–Crippen LogP) is 6.11. The molecule has 0 amide bonds. The number of halogens is 2. The van der Waals surface area contributed by atoms with Crippen LogP contribution in [0.25, 0.3) is 10.9 Å². The lowest BCUT2D eigenvalue weighted by molar-refractivity contribution is 0.417. The maximum Gasteiger partial charge on any atom is 0.173 e. The number of thiocarbonyl (C=S) groups is 1. The van der Waals surface area contributed by atoms with Crippen molar-refractivity contribution >= 4 is 45.5 Å². The predicted molar refractivity (Wildman–Crippen MR) is 129 cm³/mol. The SMILES string of the molecule is Cc1[nH]c2ccc(Cl)cc2c1CCN(Cc1ccccn1)C(=S)Nc1cccc(F)c1. The molecule has 2 aromatic carbocycles. The fourth-order valence-electron chi connectivity index (χ4n) is 3.63. The molecular formula is C24H22ClFN4S. The zero-order chi connectivity index (χ0) is 21.8. The molecule has 0 bridgehead atoms. The van der Waals surface area contributed by atoms with Gasteiger partial charge in [-0.15, -0.1) is 0 Å². The van der Waals surface area contributed by atoms with Crippen LogP contribution in [0.3, 0.4) is 0 Å². The van der Waals surface area contributed by atoms with Gasteiger partial charge in [-0.1, -0.05) is 23.7 Å². The topological polar surface area (TPSA) is 44.0 Å². The van der Waals surface area contributed by atoms with Crippen LogP contribution in [0.1, 0.15) is 17.0 Å². The summed E-state index contributed by atoms with van der Waals surface area (Å²) < 4.78 is 13.6. The van der Waals surface area contributed by atoms with Crippen LogP contribution in [0.5, 0.6) is 0 Å². The summed E-state index contributed by atoms with van der Waals surface area (Å²) in [6.45, 7) is 3.28. The molecule has 158 valence electrons. The van der Waals surface area contributed by atoms with E-state index in [2.05, 4.69) is 22.2 Å². The van der Waals surface area contributed by atoms with Gasteiger partial charge < -0.3 is 15.2 Å². The number of benzene rings is 2. The number of aromatic nitrogens is 2. The van der Waals surface area contributed by atoms with Crippen LogP contribution in [0, 0.1) is 12.7 Å². The number of aromatic amines is 1. The number of anilines is 1. The van der Waals surface area contributed by atoms with Crippen LogP contribution in [0.4, 0.5) is 10.1 Å². The second-order valence-corrected chi connectivity index (χ2v) is 8.17. The molecule has 31 heavy (non-hydrogen) atoms. The Kier molecular flexibility index (Phi) is 6.49. The van der Waals surface area contributed by atoms with Gasteiger partial charge in [0.1, 0.15) is 5.82 Å². The third-order valence-electron chi connectivity index (χ3n) is 5.16. The van der Waals surface area contributed by atoms with Gasteiger partial charge in [-0.3, -0.25) is 4.98 Å². The van der Waals surface area contributed by atoms with Gasteiger partial charge in [0.05, 0.1) is 12.2 Å². The Labute approximate surface area is 191 Å². The van der Waals surface area contributed by atoms with E-state index >= 15 is 0 Å². The second kappa shape index (κ2) is 9.45. The second-order valence-electron chi connectivity index (χ2n) is 7.35. The molecule has 2 aromatic heterocycles. The van der Waals surface area contributed by atoms with Crippen molar-refractivity contribution in [1.82, 2.24) is 14.9 Å². The summed E-state index contributed by atoms with van der Waals surface area (Å²) >= 11 is 11.9. The number of nitrogens with one attached hydrogen (secondary N) is 2. The lowest BCUT2D eigenvalue weighted by Gasteiger charge is -2.26. The lowest BCUT2D eigenvalue weighted by Crippen LogP contribution is -2.36. The molecule has 2 heterocycles. The quantitative estimate of drug-likeness (QED) is 0.346. The molecule has 0 saturated heterocycles. The van der Waals surface area contributed by atoms with E-state index in [1.165, 1.54) is 17.7 Å². The van der Waals surface area contributed by atoms with Crippen molar-refractivity contribution < 1.29 is 4.39 Å². The molecule has 0 unspecified atom stereocenters. The summed E-state index contributed by atoms with van der Waals surface area (Å²) in [7, 11) is 0. The fourth-order valence-corrected chi connectivity index (χ4v) is 4.08. The molecular weight excluding hydrogens is 431 g/mol. The number of hydrogen-bond donors (Lipinski definition) is 2. The summed E-state index contributed by atoms with van der Waals surface area (Å²) in [6, 6.07) is 18.0. The minimum absolute atomic E-state index is 0.310.